The summed E-state index contributed by atoms with van der Waals surface area (Å²) < 4.78 is 7.00. The summed E-state index contributed by atoms with van der Waals surface area (Å²) in [6.45, 7) is 9.50. The molecule has 8 nitrogen and oxygen atoms in total. The second-order valence-electron chi connectivity index (χ2n) is 7.12. The van der Waals surface area contributed by atoms with Crippen LogP contribution in [0.1, 0.15) is 17.0 Å². The first-order valence-electron chi connectivity index (χ1n) is 9.35. The van der Waals surface area contributed by atoms with Gasteiger partial charge in [-0.05, 0) is 24.1 Å². The topological polar surface area (TPSA) is 85.9 Å². The molecular formula is C21H19N7O. The molecular weight excluding hydrogens is 366 g/mol. The molecule has 0 atom stereocenters. The van der Waals surface area contributed by atoms with Crippen molar-refractivity contribution in [2.24, 2.45) is 0 Å². The molecule has 5 rings (SSSR count). The normalized spacial score (nSPS) is 14.1. The number of aromatic nitrogens is 4. The number of nitrogen functional groups attached to an aromatic ring is 1. The lowest BCUT2D eigenvalue weighted by atomic mass is 9.99. The van der Waals surface area contributed by atoms with Crippen molar-refractivity contribution in [1.29, 1.82) is 0 Å². The molecule has 144 valence electrons. The van der Waals surface area contributed by atoms with Gasteiger partial charge in [-0.15, -0.1) is 5.10 Å². The third-order valence-corrected chi connectivity index (χ3v) is 5.33. The molecule has 0 saturated heterocycles. The van der Waals surface area contributed by atoms with E-state index in [4.69, 9.17) is 22.0 Å². The van der Waals surface area contributed by atoms with Gasteiger partial charge in [-0.25, -0.2) is 14.8 Å². The SMILES string of the molecule is [C-]#[N+]c1ccc2c(c1)CCN(Cc1nc3c4cccc(OC)c4nc(N)n3n1)C2. The van der Waals surface area contributed by atoms with Crippen molar-refractivity contribution in [3.63, 3.8) is 0 Å². The van der Waals surface area contributed by atoms with Crippen molar-refractivity contribution in [2.45, 2.75) is 19.5 Å². The van der Waals surface area contributed by atoms with Crippen molar-refractivity contribution in [1.82, 2.24) is 24.5 Å². The Labute approximate surface area is 167 Å². The van der Waals surface area contributed by atoms with E-state index >= 15 is 0 Å². The highest BCUT2D eigenvalue weighted by Gasteiger charge is 2.20. The Hall–Kier alpha value is -3.70. The van der Waals surface area contributed by atoms with Crippen molar-refractivity contribution in [3.8, 4) is 5.75 Å². The molecule has 0 saturated carbocycles. The van der Waals surface area contributed by atoms with Gasteiger partial charge in [0.25, 0.3) is 0 Å². The molecule has 4 aromatic rings. The number of fused-ring (bicyclic) bond motifs is 4. The largest absolute Gasteiger partial charge is 0.494 e. The van der Waals surface area contributed by atoms with E-state index in [1.807, 2.05) is 36.4 Å². The minimum Gasteiger partial charge on any atom is -0.494 e. The number of hydrogen-bond acceptors (Lipinski definition) is 6. The zero-order valence-corrected chi connectivity index (χ0v) is 16.0. The van der Waals surface area contributed by atoms with E-state index in [1.165, 1.54) is 11.1 Å². The lowest BCUT2D eigenvalue weighted by molar-refractivity contribution is 0.239. The van der Waals surface area contributed by atoms with Gasteiger partial charge < -0.3 is 10.5 Å². The average molecular weight is 385 g/mol. The Balaban J connectivity index is 1.48. The van der Waals surface area contributed by atoms with Crippen LogP contribution >= 0.6 is 0 Å². The van der Waals surface area contributed by atoms with Crippen LogP contribution in [0.3, 0.4) is 0 Å². The van der Waals surface area contributed by atoms with E-state index < -0.39 is 0 Å². The quantitative estimate of drug-likeness (QED) is 0.546. The number of rotatable bonds is 3. The Morgan fingerprint density at radius 1 is 1.21 bits per heavy atom. The molecule has 0 bridgehead atoms. The number of para-hydroxylation sites is 1. The maximum atomic E-state index is 7.18. The standard InChI is InChI=1S/C21H19N7O/c1-23-15-7-6-14-11-27(9-8-13(14)10-15)12-18-24-20-16-4-3-5-17(29-2)19(16)25-21(22)28(20)26-18/h3-7,10H,8-9,11-12H2,2H3,(H2,22,25). The molecule has 0 amide bonds. The van der Waals surface area contributed by atoms with Gasteiger partial charge in [0.1, 0.15) is 11.3 Å². The van der Waals surface area contributed by atoms with E-state index in [9.17, 15) is 0 Å². The van der Waals surface area contributed by atoms with Crippen LogP contribution in [0.5, 0.6) is 5.75 Å². The van der Waals surface area contributed by atoms with Crippen LogP contribution in [-0.4, -0.2) is 38.1 Å². The van der Waals surface area contributed by atoms with Gasteiger partial charge in [-0.3, -0.25) is 4.90 Å². The van der Waals surface area contributed by atoms with Crippen LogP contribution in [0.15, 0.2) is 36.4 Å². The van der Waals surface area contributed by atoms with E-state index in [0.717, 1.165) is 24.9 Å². The van der Waals surface area contributed by atoms with Crippen LogP contribution in [-0.2, 0) is 19.5 Å². The summed E-state index contributed by atoms with van der Waals surface area (Å²) >= 11 is 0. The highest BCUT2D eigenvalue weighted by molar-refractivity contribution is 5.95. The Morgan fingerprint density at radius 2 is 2.10 bits per heavy atom. The Morgan fingerprint density at radius 3 is 2.93 bits per heavy atom. The molecule has 3 heterocycles. The summed E-state index contributed by atoms with van der Waals surface area (Å²) in [5.41, 5.74) is 10.7. The molecule has 0 radical (unpaired) electrons. The minimum absolute atomic E-state index is 0.284. The first kappa shape index (κ1) is 17.4. The van der Waals surface area contributed by atoms with Crippen molar-refractivity contribution >= 4 is 28.2 Å². The van der Waals surface area contributed by atoms with E-state index in [0.29, 0.717) is 35.0 Å². The van der Waals surface area contributed by atoms with Gasteiger partial charge in [0, 0.05) is 18.5 Å². The molecule has 0 unspecified atom stereocenters. The number of benzene rings is 2. The van der Waals surface area contributed by atoms with E-state index in [-0.39, 0.29) is 5.95 Å². The number of hydrogen-bond donors (Lipinski definition) is 1. The second kappa shape index (κ2) is 6.72. The van der Waals surface area contributed by atoms with Gasteiger partial charge in [0.15, 0.2) is 17.2 Å². The zero-order valence-electron chi connectivity index (χ0n) is 16.0. The fourth-order valence-electron chi connectivity index (χ4n) is 3.90. The molecule has 0 spiro atoms. The summed E-state index contributed by atoms with van der Waals surface area (Å²) in [5.74, 6) is 1.65. The predicted molar refractivity (Wildman–Crippen MR) is 110 cm³/mol. The molecule has 1 aliphatic heterocycles. The molecule has 0 aliphatic carbocycles. The maximum Gasteiger partial charge on any atom is 0.223 e. The molecule has 29 heavy (non-hydrogen) atoms. The first-order valence-corrected chi connectivity index (χ1v) is 9.35. The Bertz CT molecular complexity index is 1290. The van der Waals surface area contributed by atoms with Crippen molar-refractivity contribution in [3.05, 3.63) is 64.8 Å². The number of ether oxygens (including phenoxy) is 1. The van der Waals surface area contributed by atoms with Gasteiger partial charge in [-0.2, -0.15) is 4.52 Å². The zero-order chi connectivity index (χ0) is 20.0. The second-order valence-corrected chi connectivity index (χ2v) is 7.12. The molecule has 2 N–H and O–H groups in total. The summed E-state index contributed by atoms with van der Waals surface area (Å²) in [6.07, 6.45) is 0.913. The maximum absolute atomic E-state index is 7.18. The third kappa shape index (κ3) is 2.92. The predicted octanol–water partition coefficient (Wildman–Crippen LogP) is 2.98. The van der Waals surface area contributed by atoms with Crippen molar-refractivity contribution < 1.29 is 4.74 Å². The molecule has 2 aromatic carbocycles. The number of nitrogens with zero attached hydrogens (tertiary/aromatic N) is 6. The van der Waals surface area contributed by atoms with Crippen LogP contribution < -0.4 is 10.5 Å². The van der Waals surface area contributed by atoms with Crippen LogP contribution in [0.2, 0.25) is 0 Å². The lowest BCUT2D eigenvalue weighted by Gasteiger charge is -2.27. The van der Waals surface area contributed by atoms with Crippen LogP contribution in [0.25, 0.3) is 21.4 Å². The smallest absolute Gasteiger partial charge is 0.223 e. The third-order valence-electron chi connectivity index (χ3n) is 5.33. The van der Waals surface area contributed by atoms with Gasteiger partial charge in [0.2, 0.25) is 5.95 Å². The summed E-state index contributed by atoms with van der Waals surface area (Å²) in [5, 5.41) is 5.45. The van der Waals surface area contributed by atoms with Gasteiger partial charge in [0.05, 0.1) is 20.2 Å². The monoisotopic (exact) mass is 385 g/mol. The van der Waals surface area contributed by atoms with Crippen molar-refractivity contribution in [2.75, 3.05) is 19.4 Å². The van der Waals surface area contributed by atoms with Gasteiger partial charge in [-0.1, -0.05) is 29.8 Å². The highest BCUT2D eigenvalue weighted by Crippen LogP contribution is 2.28. The van der Waals surface area contributed by atoms with E-state index in [1.54, 1.807) is 11.6 Å². The molecule has 1 aliphatic rings. The van der Waals surface area contributed by atoms with Gasteiger partial charge >= 0.3 is 0 Å². The Kier molecular flexibility index (Phi) is 4.03. The highest BCUT2D eigenvalue weighted by atomic mass is 16.5. The molecule has 0 fully saturated rings. The molecule has 8 heteroatoms. The summed E-state index contributed by atoms with van der Waals surface area (Å²) in [7, 11) is 1.61. The first-order chi connectivity index (χ1) is 14.2. The number of anilines is 1. The number of methoxy groups -OCH3 is 1. The summed E-state index contributed by atoms with van der Waals surface area (Å²) in [4.78, 5) is 15.0. The van der Waals surface area contributed by atoms with E-state index in [2.05, 4.69) is 19.8 Å². The average Bonchev–Trinajstić information content (AvgIpc) is 3.17. The van der Waals surface area contributed by atoms with Crippen LogP contribution in [0.4, 0.5) is 11.6 Å². The number of nitrogens with two attached hydrogens (primary N) is 1. The van der Waals surface area contributed by atoms with Crippen LogP contribution in [0, 0.1) is 6.57 Å². The lowest BCUT2D eigenvalue weighted by Crippen LogP contribution is -2.30. The fraction of sp³-hybridized carbons (Fsp3) is 0.238. The molecule has 2 aromatic heterocycles. The minimum atomic E-state index is 0.284. The summed E-state index contributed by atoms with van der Waals surface area (Å²) in [6, 6.07) is 11.6. The fourth-order valence-corrected chi connectivity index (χ4v) is 3.90.